The van der Waals surface area contributed by atoms with Gasteiger partial charge < -0.3 is 19.5 Å². The molecule has 1 saturated heterocycles. The molecule has 43 heavy (non-hydrogen) atoms. The fourth-order valence-electron chi connectivity index (χ4n) is 7.23. The Bertz CT molecular complexity index is 1270. The number of carbonyl (C=O) groups is 2. The number of nitrogens with zero attached hydrogens (tertiary/aromatic N) is 2. The highest BCUT2D eigenvalue weighted by molar-refractivity contribution is 5.95. The van der Waals surface area contributed by atoms with Gasteiger partial charge in [0.1, 0.15) is 5.82 Å². The van der Waals surface area contributed by atoms with E-state index >= 15 is 0 Å². The Labute approximate surface area is 256 Å². The maximum absolute atomic E-state index is 14.4. The monoisotopic (exact) mass is 596 g/mol. The van der Waals surface area contributed by atoms with Crippen LogP contribution < -0.4 is 14.4 Å². The van der Waals surface area contributed by atoms with Crippen LogP contribution in [0.3, 0.4) is 0 Å². The smallest absolute Gasteiger partial charge is 0.308 e. The standard InChI is InChI=1S/C35H49FN2O5/c1-7-10-25(11-8-2)38(26-13-14-28(36)23(4)17-26)32(39)21-37-20-27(24-12-15-30-31(18-24)43-22-42-30)33(34(40)41)29(37)19-35(5,6)16-9-3/h12-15,17-18,25,27,29,33H,7-11,16,19-22H2,1-6H3,(H,40,41)/t27-,29+,33-/m1/s1. The summed E-state index contributed by atoms with van der Waals surface area (Å²) in [7, 11) is 0. The van der Waals surface area contributed by atoms with Crippen LogP contribution in [0.5, 0.6) is 11.5 Å². The van der Waals surface area contributed by atoms with Crippen LogP contribution in [0.25, 0.3) is 0 Å². The Hall–Kier alpha value is -3.13. The number of rotatable bonds is 14. The molecule has 4 rings (SSSR count). The molecule has 0 radical (unpaired) electrons. The lowest BCUT2D eigenvalue weighted by molar-refractivity contribution is -0.143. The summed E-state index contributed by atoms with van der Waals surface area (Å²) in [4.78, 5) is 31.4. The van der Waals surface area contributed by atoms with Gasteiger partial charge in [-0.25, -0.2) is 4.39 Å². The summed E-state index contributed by atoms with van der Waals surface area (Å²) in [6.45, 7) is 13.2. The Balaban J connectivity index is 1.72. The Morgan fingerprint density at radius 3 is 2.37 bits per heavy atom. The van der Waals surface area contributed by atoms with Gasteiger partial charge in [-0.2, -0.15) is 0 Å². The SMILES string of the molecule is CCCC(CCC)N(C(=O)CN1C[C@H](c2ccc3c(c2)OCO3)[C@@H](C(=O)O)[C@@H]1CC(C)(C)CCC)c1ccc(F)c(C)c1. The number of benzene rings is 2. The topological polar surface area (TPSA) is 79.3 Å². The number of hydrogen-bond donors (Lipinski definition) is 1. The number of halogens is 1. The third-order valence-electron chi connectivity index (χ3n) is 9.18. The average molecular weight is 597 g/mol. The predicted octanol–water partition coefficient (Wildman–Crippen LogP) is 7.55. The number of carbonyl (C=O) groups excluding carboxylic acids is 1. The molecule has 0 aliphatic carbocycles. The molecule has 3 atom stereocenters. The minimum atomic E-state index is -0.851. The van der Waals surface area contributed by atoms with Gasteiger partial charge in [0.15, 0.2) is 11.5 Å². The first kappa shape index (κ1) is 32.8. The average Bonchev–Trinajstić information content (AvgIpc) is 3.55. The molecule has 1 N–H and O–H groups in total. The van der Waals surface area contributed by atoms with Gasteiger partial charge in [-0.1, -0.05) is 59.9 Å². The number of amides is 1. The maximum atomic E-state index is 14.4. The second-order valence-electron chi connectivity index (χ2n) is 13.1. The largest absolute Gasteiger partial charge is 0.481 e. The molecule has 2 aliphatic rings. The first-order chi connectivity index (χ1) is 20.5. The Kier molecular flexibility index (Phi) is 10.8. The van der Waals surface area contributed by atoms with Crippen molar-refractivity contribution in [3.63, 3.8) is 0 Å². The van der Waals surface area contributed by atoms with Gasteiger partial charge in [0.25, 0.3) is 0 Å². The maximum Gasteiger partial charge on any atom is 0.308 e. The van der Waals surface area contributed by atoms with Gasteiger partial charge in [-0.15, -0.1) is 0 Å². The summed E-state index contributed by atoms with van der Waals surface area (Å²) < 4.78 is 25.4. The number of likely N-dealkylation sites (tertiary alicyclic amines) is 1. The van der Waals surface area contributed by atoms with Crippen LogP contribution in [0.4, 0.5) is 10.1 Å². The summed E-state index contributed by atoms with van der Waals surface area (Å²) >= 11 is 0. The van der Waals surface area contributed by atoms with Crippen LogP contribution in [0.2, 0.25) is 0 Å². The van der Waals surface area contributed by atoms with Crippen LogP contribution in [0, 0.1) is 24.1 Å². The molecule has 2 aromatic rings. The van der Waals surface area contributed by atoms with Crippen molar-refractivity contribution in [1.29, 1.82) is 0 Å². The summed E-state index contributed by atoms with van der Waals surface area (Å²) in [6, 6.07) is 10.2. The molecule has 8 heteroatoms. The van der Waals surface area contributed by atoms with E-state index < -0.39 is 11.9 Å². The van der Waals surface area contributed by atoms with E-state index in [2.05, 4.69) is 39.5 Å². The van der Waals surface area contributed by atoms with Crippen molar-refractivity contribution in [1.82, 2.24) is 4.90 Å². The third-order valence-corrected chi connectivity index (χ3v) is 9.18. The summed E-state index contributed by atoms with van der Waals surface area (Å²) in [6.07, 6.45) is 6.12. The number of ether oxygens (including phenoxy) is 2. The van der Waals surface area contributed by atoms with Crippen molar-refractivity contribution >= 4 is 17.6 Å². The van der Waals surface area contributed by atoms with E-state index in [0.717, 1.165) is 44.1 Å². The predicted molar refractivity (Wildman–Crippen MR) is 167 cm³/mol. The minimum absolute atomic E-state index is 0.0233. The van der Waals surface area contributed by atoms with E-state index in [4.69, 9.17) is 9.47 Å². The van der Waals surface area contributed by atoms with Gasteiger partial charge in [-0.3, -0.25) is 14.5 Å². The van der Waals surface area contributed by atoms with Crippen molar-refractivity contribution in [3.05, 3.63) is 53.3 Å². The van der Waals surface area contributed by atoms with Crippen LogP contribution in [0.1, 0.15) is 96.6 Å². The number of hydrogen-bond acceptors (Lipinski definition) is 5. The molecule has 0 bridgehead atoms. The molecule has 2 heterocycles. The van der Waals surface area contributed by atoms with Crippen LogP contribution in [-0.4, -0.2) is 53.8 Å². The third kappa shape index (κ3) is 7.51. The molecule has 0 spiro atoms. The Morgan fingerprint density at radius 2 is 1.74 bits per heavy atom. The number of fused-ring (bicyclic) bond motifs is 1. The van der Waals surface area contributed by atoms with Crippen molar-refractivity contribution in [2.75, 3.05) is 24.8 Å². The van der Waals surface area contributed by atoms with Gasteiger partial charge in [0.05, 0.1) is 12.5 Å². The molecule has 0 aromatic heterocycles. The first-order valence-corrected chi connectivity index (χ1v) is 15.9. The number of aryl methyl sites for hydroxylation is 1. The molecular formula is C35H49FN2O5. The number of carboxylic acid groups (broad SMARTS) is 1. The second kappa shape index (κ2) is 14.1. The molecule has 236 valence electrons. The van der Waals surface area contributed by atoms with Crippen molar-refractivity contribution < 1.29 is 28.6 Å². The highest BCUT2D eigenvalue weighted by atomic mass is 19.1. The highest BCUT2D eigenvalue weighted by Gasteiger charge is 2.49. The van der Waals surface area contributed by atoms with Crippen molar-refractivity contribution in [3.8, 4) is 11.5 Å². The zero-order valence-electron chi connectivity index (χ0n) is 26.7. The summed E-state index contributed by atoms with van der Waals surface area (Å²) in [5.74, 6) is -0.947. The van der Waals surface area contributed by atoms with Crippen LogP contribution >= 0.6 is 0 Å². The van der Waals surface area contributed by atoms with Gasteiger partial charge in [0, 0.05) is 30.2 Å². The molecule has 1 amide bonds. The fourth-order valence-corrected chi connectivity index (χ4v) is 7.23. The van der Waals surface area contributed by atoms with Crippen LogP contribution in [0.15, 0.2) is 36.4 Å². The van der Waals surface area contributed by atoms with E-state index in [1.54, 1.807) is 19.1 Å². The van der Waals surface area contributed by atoms with Crippen LogP contribution in [-0.2, 0) is 9.59 Å². The lowest BCUT2D eigenvalue weighted by Gasteiger charge is -2.37. The van der Waals surface area contributed by atoms with E-state index in [1.807, 2.05) is 23.1 Å². The first-order valence-electron chi connectivity index (χ1n) is 15.9. The highest BCUT2D eigenvalue weighted by Crippen LogP contribution is 2.45. The molecular weight excluding hydrogens is 547 g/mol. The summed E-state index contributed by atoms with van der Waals surface area (Å²) in [5, 5.41) is 10.6. The van der Waals surface area contributed by atoms with E-state index in [-0.39, 0.29) is 48.5 Å². The molecule has 7 nitrogen and oxygen atoms in total. The van der Waals surface area contributed by atoms with E-state index in [0.29, 0.717) is 35.7 Å². The Morgan fingerprint density at radius 1 is 1.05 bits per heavy atom. The molecule has 0 saturated carbocycles. The number of anilines is 1. The lowest BCUT2D eigenvalue weighted by Crippen LogP contribution is -2.48. The lowest BCUT2D eigenvalue weighted by atomic mass is 9.76. The molecule has 1 fully saturated rings. The molecule has 0 unspecified atom stereocenters. The zero-order chi connectivity index (χ0) is 31.3. The van der Waals surface area contributed by atoms with Crippen molar-refractivity contribution in [2.45, 2.75) is 104 Å². The fraction of sp³-hybridized carbons (Fsp3) is 0.600. The molecule has 2 aliphatic heterocycles. The minimum Gasteiger partial charge on any atom is -0.481 e. The summed E-state index contributed by atoms with van der Waals surface area (Å²) in [5.41, 5.74) is 1.97. The second-order valence-corrected chi connectivity index (χ2v) is 13.1. The molecule has 2 aromatic carbocycles. The number of aliphatic carboxylic acids is 1. The van der Waals surface area contributed by atoms with E-state index in [9.17, 15) is 19.1 Å². The van der Waals surface area contributed by atoms with Gasteiger partial charge in [-0.05, 0) is 79.5 Å². The van der Waals surface area contributed by atoms with E-state index in [1.165, 1.54) is 6.07 Å². The normalized spacial score (nSPS) is 20.1. The van der Waals surface area contributed by atoms with Crippen molar-refractivity contribution in [2.24, 2.45) is 11.3 Å². The quantitative estimate of drug-likeness (QED) is 0.243. The van der Waals surface area contributed by atoms with Gasteiger partial charge >= 0.3 is 5.97 Å². The zero-order valence-corrected chi connectivity index (χ0v) is 26.7. The van der Waals surface area contributed by atoms with Gasteiger partial charge in [0.2, 0.25) is 12.7 Å². The number of carboxylic acids is 1.